The smallest absolute Gasteiger partial charge is 0.416 e. The second-order valence-corrected chi connectivity index (χ2v) is 6.58. The van der Waals surface area contributed by atoms with Crippen LogP contribution >= 0.6 is 0 Å². The molecule has 1 aromatic rings. The molecule has 4 nitrogen and oxygen atoms in total. The van der Waals surface area contributed by atoms with Gasteiger partial charge in [-0.2, -0.15) is 26.3 Å². The molecular weight excluding hydrogens is 380 g/mol. The third-order valence-electron chi connectivity index (χ3n) is 4.69. The molecule has 1 aromatic carbocycles. The number of amides is 1. The van der Waals surface area contributed by atoms with Crippen molar-refractivity contribution in [1.29, 1.82) is 0 Å². The van der Waals surface area contributed by atoms with Crippen molar-refractivity contribution in [2.75, 3.05) is 13.1 Å². The molecule has 0 aliphatic carbocycles. The summed E-state index contributed by atoms with van der Waals surface area (Å²) in [5.74, 6) is -7.35. The van der Waals surface area contributed by atoms with Crippen LogP contribution in [0.2, 0.25) is 0 Å². The van der Waals surface area contributed by atoms with Crippen molar-refractivity contribution in [1.82, 2.24) is 4.90 Å². The largest absolute Gasteiger partial charge is 0.481 e. The highest BCUT2D eigenvalue weighted by atomic mass is 19.4. The van der Waals surface area contributed by atoms with Gasteiger partial charge in [-0.05, 0) is 17.5 Å². The summed E-state index contributed by atoms with van der Waals surface area (Å²) in [7, 11) is 0. The highest BCUT2D eigenvalue weighted by Crippen LogP contribution is 2.39. The molecule has 2 rings (SSSR count). The number of carboxylic acid groups (broad SMARTS) is 1. The maximum Gasteiger partial charge on any atom is 0.416 e. The van der Waals surface area contributed by atoms with E-state index in [1.807, 2.05) is 0 Å². The Kier molecular flexibility index (Phi) is 5.77. The summed E-state index contributed by atoms with van der Waals surface area (Å²) >= 11 is 0. The maximum atomic E-state index is 13.1. The van der Waals surface area contributed by atoms with Crippen molar-refractivity contribution in [3.8, 4) is 0 Å². The SMILES string of the molecule is CC(CC(=O)N1C[C@@H](C(F)(F)F)[C@H](C(=O)O)C1)c1ccccc1C(F)(F)F. The van der Waals surface area contributed by atoms with Gasteiger partial charge >= 0.3 is 18.3 Å². The number of carbonyl (C=O) groups excluding carboxylic acids is 1. The fourth-order valence-corrected chi connectivity index (χ4v) is 3.28. The van der Waals surface area contributed by atoms with Crippen molar-refractivity contribution in [2.45, 2.75) is 31.6 Å². The van der Waals surface area contributed by atoms with Crippen LogP contribution in [0.1, 0.15) is 30.4 Å². The first kappa shape index (κ1) is 21.0. The molecule has 0 bridgehead atoms. The molecular formula is C17H17F6NO3. The topological polar surface area (TPSA) is 57.6 Å². The minimum atomic E-state index is -4.79. The van der Waals surface area contributed by atoms with Gasteiger partial charge in [0.1, 0.15) is 0 Å². The average Bonchev–Trinajstić information content (AvgIpc) is 3.00. The van der Waals surface area contributed by atoms with Crippen LogP contribution in [0.15, 0.2) is 24.3 Å². The minimum Gasteiger partial charge on any atom is -0.481 e. The van der Waals surface area contributed by atoms with Gasteiger partial charge in [0.05, 0.1) is 17.4 Å². The first-order chi connectivity index (χ1) is 12.3. The Morgan fingerprint density at radius 3 is 2.22 bits per heavy atom. The van der Waals surface area contributed by atoms with Gasteiger partial charge in [-0.1, -0.05) is 25.1 Å². The van der Waals surface area contributed by atoms with E-state index >= 15 is 0 Å². The Morgan fingerprint density at radius 2 is 1.74 bits per heavy atom. The van der Waals surface area contributed by atoms with Gasteiger partial charge in [0, 0.05) is 19.5 Å². The number of nitrogens with zero attached hydrogens (tertiary/aromatic N) is 1. The van der Waals surface area contributed by atoms with Crippen LogP contribution in [0.25, 0.3) is 0 Å². The van der Waals surface area contributed by atoms with Crippen LogP contribution in [-0.2, 0) is 15.8 Å². The Balaban J connectivity index is 2.15. The summed E-state index contributed by atoms with van der Waals surface area (Å²) in [6, 6.07) is 4.66. The van der Waals surface area contributed by atoms with Gasteiger partial charge in [-0.3, -0.25) is 9.59 Å². The van der Waals surface area contributed by atoms with E-state index in [4.69, 9.17) is 5.11 Å². The highest BCUT2D eigenvalue weighted by molar-refractivity contribution is 5.79. The molecule has 0 saturated carbocycles. The summed E-state index contributed by atoms with van der Waals surface area (Å²) in [4.78, 5) is 24.1. The summed E-state index contributed by atoms with van der Waals surface area (Å²) in [6.07, 6.45) is -9.87. The normalized spacial score (nSPS) is 22.0. The van der Waals surface area contributed by atoms with E-state index in [0.29, 0.717) is 0 Å². The van der Waals surface area contributed by atoms with Crippen LogP contribution in [0, 0.1) is 11.8 Å². The van der Waals surface area contributed by atoms with Crippen molar-refractivity contribution in [2.24, 2.45) is 11.8 Å². The Hall–Kier alpha value is -2.26. The highest BCUT2D eigenvalue weighted by Gasteiger charge is 2.53. The summed E-state index contributed by atoms with van der Waals surface area (Å²) in [5, 5.41) is 8.97. The number of hydrogen-bond donors (Lipinski definition) is 1. The predicted octanol–water partition coefficient (Wildman–Crippen LogP) is 3.92. The van der Waals surface area contributed by atoms with Crippen LogP contribution in [0.4, 0.5) is 26.3 Å². The Morgan fingerprint density at radius 1 is 1.15 bits per heavy atom. The number of carbonyl (C=O) groups is 2. The van der Waals surface area contributed by atoms with E-state index in [9.17, 15) is 35.9 Å². The third-order valence-corrected chi connectivity index (χ3v) is 4.69. The molecule has 10 heteroatoms. The van der Waals surface area contributed by atoms with E-state index in [1.54, 1.807) is 0 Å². The van der Waals surface area contributed by atoms with Crippen molar-refractivity contribution in [3.63, 3.8) is 0 Å². The fourth-order valence-electron chi connectivity index (χ4n) is 3.28. The molecule has 1 N–H and O–H groups in total. The zero-order valence-electron chi connectivity index (χ0n) is 14.1. The number of benzene rings is 1. The molecule has 1 unspecified atom stereocenters. The molecule has 1 aliphatic heterocycles. The maximum absolute atomic E-state index is 13.1. The van der Waals surface area contributed by atoms with E-state index in [-0.39, 0.29) is 5.56 Å². The summed E-state index contributed by atoms with van der Waals surface area (Å²) in [6.45, 7) is -0.0621. The number of likely N-dealkylation sites (tertiary alicyclic amines) is 1. The first-order valence-corrected chi connectivity index (χ1v) is 8.05. The standard InChI is InChI=1S/C17H17F6NO3/c1-9(10-4-2-3-5-12(10)16(18,19)20)6-14(25)24-7-11(15(26)27)13(8-24)17(21,22)23/h2-5,9,11,13H,6-8H2,1H3,(H,26,27)/t9?,11-,13-/m1/s1. The van der Waals surface area contributed by atoms with Crippen LogP contribution < -0.4 is 0 Å². The monoisotopic (exact) mass is 397 g/mol. The number of carboxylic acids is 1. The van der Waals surface area contributed by atoms with E-state index in [2.05, 4.69) is 0 Å². The fraction of sp³-hybridized carbons (Fsp3) is 0.529. The predicted molar refractivity (Wildman–Crippen MR) is 81.7 cm³/mol. The molecule has 1 saturated heterocycles. The van der Waals surface area contributed by atoms with Crippen LogP contribution in [0.3, 0.4) is 0 Å². The minimum absolute atomic E-state index is 0.139. The lowest BCUT2D eigenvalue weighted by Crippen LogP contribution is -2.34. The quantitative estimate of drug-likeness (QED) is 0.784. The van der Waals surface area contributed by atoms with Crippen LogP contribution in [-0.4, -0.2) is 41.1 Å². The third kappa shape index (κ3) is 4.72. The van der Waals surface area contributed by atoms with Gasteiger partial charge in [-0.15, -0.1) is 0 Å². The molecule has 0 aromatic heterocycles. The Labute approximate surface area is 150 Å². The van der Waals surface area contributed by atoms with Gasteiger partial charge in [0.15, 0.2) is 0 Å². The average molecular weight is 397 g/mol. The number of aliphatic carboxylic acids is 1. The second kappa shape index (κ2) is 7.40. The molecule has 1 fully saturated rings. The number of rotatable bonds is 4. The van der Waals surface area contributed by atoms with Crippen LogP contribution in [0.5, 0.6) is 0 Å². The van der Waals surface area contributed by atoms with Gasteiger partial charge in [-0.25, -0.2) is 0 Å². The zero-order valence-corrected chi connectivity index (χ0v) is 14.1. The lowest BCUT2D eigenvalue weighted by Gasteiger charge is -2.22. The molecule has 1 aliphatic rings. The van der Waals surface area contributed by atoms with E-state index in [1.165, 1.54) is 25.1 Å². The van der Waals surface area contributed by atoms with Gasteiger partial charge < -0.3 is 10.0 Å². The van der Waals surface area contributed by atoms with E-state index < -0.39 is 67.1 Å². The molecule has 1 amide bonds. The molecule has 150 valence electrons. The van der Waals surface area contributed by atoms with Crippen molar-refractivity contribution in [3.05, 3.63) is 35.4 Å². The zero-order chi connectivity index (χ0) is 20.6. The second-order valence-electron chi connectivity index (χ2n) is 6.58. The molecule has 0 radical (unpaired) electrons. The van der Waals surface area contributed by atoms with E-state index in [0.717, 1.165) is 11.0 Å². The summed E-state index contributed by atoms with van der Waals surface area (Å²) in [5.41, 5.74) is -1.05. The van der Waals surface area contributed by atoms with Gasteiger partial charge in [0.2, 0.25) is 5.91 Å². The van der Waals surface area contributed by atoms with Crippen molar-refractivity contribution >= 4 is 11.9 Å². The molecule has 27 heavy (non-hydrogen) atoms. The molecule has 1 heterocycles. The number of alkyl halides is 6. The Bertz CT molecular complexity index is 715. The lowest BCUT2D eigenvalue weighted by molar-refractivity contribution is -0.188. The summed E-state index contributed by atoms with van der Waals surface area (Å²) < 4.78 is 78.2. The lowest BCUT2D eigenvalue weighted by atomic mass is 9.92. The number of halogens is 6. The van der Waals surface area contributed by atoms with Gasteiger partial charge in [0.25, 0.3) is 0 Å². The first-order valence-electron chi connectivity index (χ1n) is 8.05. The molecule has 3 atom stereocenters. The molecule has 0 spiro atoms. The number of hydrogen-bond acceptors (Lipinski definition) is 2. The van der Waals surface area contributed by atoms with Crippen molar-refractivity contribution < 1.29 is 41.0 Å².